The summed E-state index contributed by atoms with van der Waals surface area (Å²) < 4.78 is 2.18. The van der Waals surface area contributed by atoms with Crippen molar-refractivity contribution in [1.82, 2.24) is 24.4 Å². The van der Waals surface area contributed by atoms with E-state index in [1.165, 1.54) is 24.9 Å². The Morgan fingerprint density at radius 3 is 2.88 bits per heavy atom. The first kappa shape index (κ1) is 11.1. The Balaban J connectivity index is 2.66. The van der Waals surface area contributed by atoms with Crippen molar-refractivity contribution < 1.29 is 4.79 Å². The Bertz CT molecular complexity index is 693. The number of nitrogens with one attached hydrogen (secondary N) is 2. The third-order valence-corrected chi connectivity index (χ3v) is 2.40. The Kier molecular flexibility index (Phi) is 2.54. The molecular weight excluding hydrogens is 226 g/mol. The van der Waals surface area contributed by atoms with Gasteiger partial charge in [-0.1, -0.05) is 0 Å². The fourth-order valence-electron chi connectivity index (χ4n) is 1.52. The Morgan fingerprint density at radius 1 is 1.53 bits per heavy atom. The maximum Gasteiger partial charge on any atom is 0.333 e. The molecule has 0 aliphatic carbocycles. The van der Waals surface area contributed by atoms with Crippen molar-refractivity contribution in [2.24, 2.45) is 7.05 Å². The minimum atomic E-state index is -0.525. The van der Waals surface area contributed by atoms with Gasteiger partial charge in [0.25, 0.3) is 5.56 Å². The quantitative estimate of drug-likeness (QED) is 0.664. The molecule has 8 heteroatoms. The zero-order valence-electron chi connectivity index (χ0n) is 9.35. The van der Waals surface area contributed by atoms with E-state index in [0.717, 1.165) is 4.57 Å². The number of aryl methyl sites for hydroxylation is 1. The second kappa shape index (κ2) is 3.89. The molecule has 0 bridgehead atoms. The first-order valence-electron chi connectivity index (χ1n) is 4.89. The molecule has 2 rings (SSSR count). The molecule has 0 atom stereocenters. The molecule has 2 N–H and O–H groups in total. The van der Waals surface area contributed by atoms with Crippen LogP contribution < -0.4 is 16.6 Å². The number of H-pyrrole nitrogens is 1. The van der Waals surface area contributed by atoms with E-state index in [0.29, 0.717) is 5.65 Å². The number of nitrogens with zero attached hydrogens (tertiary/aromatic N) is 3. The number of rotatable bonds is 2. The normalized spacial score (nSPS) is 10.7. The predicted octanol–water partition coefficient (Wildman–Crippen LogP) is -1.48. The third-order valence-electron chi connectivity index (χ3n) is 2.40. The molecular formula is C9H11N5O3. The highest BCUT2D eigenvalue weighted by atomic mass is 16.2. The molecule has 0 saturated carbocycles. The number of hydrogen-bond acceptors (Lipinski definition) is 4. The average Bonchev–Trinajstić information content (AvgIpc) is 2.75. The summed E-state index contributed by atoms with van der Waals surface area (Å²) in [7, 11) is 1.51. The van der Waals surface area contributed by atoms with Crippen molar-refractivity contribution in [2.45, 2.75) is 13.6 Å². The summed E-state index contributed by atoms with van der Waals surface area (Å²) in [6.07, 6.45) is 1.34. The largest absolute Gasteiger partial charge is 0.339 e. The third kappa shape index (κ3) is 1.73. The number of carbonyl (C=O) groups excluding carboxylic acids is 1. The minimum absolute atomic E-state index is 0.157. The number of carbonyl (C=O) groups is 1. The number of hydrogen-bond donors (Lipinski definition) is 2. The topological polar surface area (TPSA) is 102 Å². The van der Waals surface area contributed by atoms with Gasteiger partial charge in [0.2, 0.25) is 5.91 Å². The monoisotopic (exact) mass is 237 g/mol. The van der Waals surface area contributed by atoms with Crippen molar-refractivity contribution in [3.05, 3.63) is 27.2 Å². The van der Waals surface area contributed by atoms with E-state index in [2.05, 4.69) is 15.3 Å². The zero-order valence-corrected chi connectivity index (χ0v) is 9.35. The van der Waals surface area contributed by atoms with Gasteiger partial charge in [0.15, 0.2) is 5.65 Å². The molecule has 0 radical (unpaired) electrons. The van der Waals surface area contributed by atoms with E-state index < -0.39 is 11.2 Å². The molecule has 0 saturated heterocycles. The summed E-state index contributed by atoms with van der Waals surface area (Å²) in [6, 6.07) is 0. The van der Waals surface area contributed by atoms with Crippen LogP contribution in [0.2, 0.25) is 0 Å². The minimum Gasteiger partial charge on any atom is -0.339 e. The van der Waals surface area contributed by atoms with Crippen LogP contribution in [0.25, 0.3) is 11.2 Å². The van der Waals surface area contributed by atoms with Crippen molar-refractivity contribution in [3.63, 3.8) is 0 Å². The van der Waals surface area contributed by atoms with Crippen LogP contribution >= 0.6 is 0 Å². The van der Waals surface area contributed by atoms with Crippen LogP contribution in [-0.4, -0.2) is 25.0 Å². The van der Waals surface area contributed by atoms with Gasteiger partial charge in [0.1, 0.15) is 12.2 Å². The van der Waals surface area contributed by atoms with Gasteiger partial charge in [-0.2, -0.15) is 0 Å². The number of aromatic amines is 1. The highest BCUT2D eigenvalue weighted by Gasteiger charge is 2.12. The van der Waals surface area contributed by atoms with E-state index in [-0.39, 0.29) is 18.1 Å². The molecule has 0 aliphatic rings. The van der Waals surface area contributed by atoms with E-state index in [1.54, 1.807) is 0 Å². The lowest BCUT2D eigenvalue weighted by Gasteiger charge is -2.07. The molecule has 8 nitrogen and oxygen atoms in total. The van der Waals surface area contributed by atoms with Gasteiger partial charge < -0.3 is 10.3 Å². The number of aromatic nitrogens is 4. The predicted molar refractivity (Wildman–Crippen MR) is 59.4 cm³/mol. The molecule has 0 aliphatic heterocycles. The van der Waals surface area contributed by atoms with Crippen LogP contribution in [0.5, 0.6) is 0 Å². The summed E-state index contributed by atoms with van der Waals surface area (Å²) in [6.45, 7) is 1.15. The van der Waals surface area contributed by atoms with Crippen LogP contribution in [0.4, 0.5) is 0 Å². The molecule has 0 spiro atoms. The van der Waals surface area contributed by atoms with E-state index in [1.807, 2.05) is 0 Å². The maximum absolute atomic E-state index is 11.9. The van der Waals surface area contributed by atoms with Gasteiger partial charge in [0, 0.05) is 14.0 Å². The van der Waals surface area contributed by atoms with Crippen LogP contribution in [0.1, 0.15) is 6.92 Å². The summed E-state index contributed by atoms with van der Waals surface area (Å²) in [5, 5.41) is 2.40. The first-order valence-corrected chi connectivity index (χ1v) is 4.89. The average molecular weight is 237 g/mol. The number of fused-ring (bicyclic) bond motifs is 1. The summed E-state index contributed by atoms with van der Waals surface area (Å²) >= 11 is 0. The maximum atomic E-state index is 11.9. The standard InChI is InChI=1S/C9H11N5O3/c1-5(15)12-4-14-8(16)6-7(11-3-10-6)13(2)9(14)17/h3H,4H2,1-2H3,(H,10,11)(H,12,15). The van der Waals surface area contributed by atoms with Crippen LogP contribution in [0, 0.1) is 0 Å². The molecule has 1 amide bonds. The molecule has 2 aromatic heterocycles. The molecule has 17 heavy (non-hydrogen) atoms. The SMILES string of the molecule is CC(=O)NCn1c(=O)c2[nH]cnc2n(C)c1=O. The highest BCUT2D eigenvalue weighted by Crippen LogP contribution is 1.98. The van der Waals surface area contributed by atoms with Crippen molar-refractivity contribution in [1.29, 1.82) is 0 Å². The number of amides is 1. The van der Waals surface area contributed by atoms with E-state index >= 15 is 0 Å². The van der Waals surface area contributed by atoms with E-state index in [4.69, 9.17) is 0 Å². The summed E-state index contributed by atoms with van der Waals surface area (Å²) in [5.74, 6) is -0.316. The molecule has 2 aromatic rings. The highest BCUT2D eigenvalue weighted by molar-refractivity contribution is 5.72. The first-order chi connectivity index (χ1) is 8.02. The molecule has 2 heterocycles. The van der Waals surface area contributed by atoms with Crippen molar-refractivity contribution >= 4 is 17.1 Å². The second-order valence-corrected chi connectivity index (χ2v) is 3.57. The van der Waals surface area contributed by atoms with Crippen molar-refractivity contribution in [3.8, 4) is 0 Å². The number of imidazole rings is 1. The van der Waals surface area contributed by atoms with Gasteiger partial charge in [-0.15, -0.1) is 0 Å². The fourth-order valence-corrected chi connectivity index (χ4v) is 1.52. The van der Waals surface area contributed by atoms with Gasteiger partial charge >= 0.3 is 5.69 Å². The van der Waals surface area contributed by atoms with Crippen LogP contribution in [0.15, 0.2) is 15.9 Å². The Morgan fingerprint density at radius 2 is 2.24 bits per heavy atom. The second-order valence-electron chi connectivity index (χ2n) is 3.57. The van der Waals surface area contributed by atoms with Crippen LogP contribution in [-0.2, 0) is 18.5 Å². The van der Waals surface area contributed by atoms with Gasteiger partial charge in [-0.3, -0.25) is 14.2 Å². The summed E-state index contributed by atoms with van der Waals surface area (Å²) in [5.41, 5.74) is -0.505. The lowest BCUT2D eigenvalue weighted by molar-refractivity contribution is -0.119. The van der Waals surface area contributed by atoms with E-state index in [9.17, 15) is 14.4 Å². The van der Waals surface area contributed by atoms with Crippen molar-refractivity contribution in [2.75, 3.05) is 0 Å². The lowest BCUT2D eigenvalue weighted by Crippen LogP contribution is -2.43. The van der Waals surface area contributed by atoms with Gasteiger partial charge in [-0.25, -0.2) is 14.3 Å². The Labute approximate surface area is 94.9 Å². The summed E-state index contributed by atoms with van der Waals surface area (Å²) in [4.78, 5) is 41.1. The Hall–Kier alpha value is -2.38. The molecule has 0 unspecified atom stereocenters. The fraction of sp³-hybridized carbons (Fsp3) is 0.333. The smallest absolute Gasteiger partial charge is 0.333 e. The molecule has 0 aromatic carbocycles. The zero-order chi connectivity index (χ0) is 12.6. The van der Waals surface area contributed by atoms with Crippen LogP contribution in [0.3, 0.4) is 0 Å². The lowest BCUT2D eigenvalue weighted by atomic mass is 10.5. The molecule has 90 valence electrons. The molecule has 0 fully saturated rings. The van der Waals surface area contributed by atoms with Gasteiger partial charge in [-0.05, 0) is 0 Å². The van der Waals surface area contributed by atoms with Gasteiger partial charge in [0.05, 0.1) is 6.33 Å².